The van der Waals surface area contributed by atoms with Crippen molar-refractivity contribution in [2.45, 2.75) is 30.7 Å². The summed E-state index contributed by atoms with van der Waals surface area (Å²) >= 11 is 0. The van der Waals surface area contributed by atoms with Gasteiger partial charge in [-0.05, 0) is 17.9 Å². The van der Waals surface area contributed by atoms with Crippen LogP contribution in [0.25, 0.3) is 0 Å². The van der Waals surface area contributed by atoms with E-state index in [9.17, 15) is 23.1 Å². The first kappa shape index (κ1) is 14.1. The van der Waals surface area contributed by atoms with E-state index in [1.807, 2.05) is 30.3 Å². The van der Waals surface area contributed by atoms with Crippen LogP contribution in [-0.4, -0.2) is 34.1 Å². The lowest BCUT2D eigenvalue weighted by molar-refractivity contribution is -0.302. The Morgan fingerprint density at radius 3 is 2.62 bits per heavy atom. The van der Waals surface area contributed by atoms with Crippen LogP contribution in [0.4, 0.5) is 13.2 Å². The first-order valence-electron chi connectivity index (χ1n) is 6.55. The van der Waals surface area contributed by atoms with Crippen molar-refractivity contribution >= 4 is 12.1 Å². The van der Waals surface area contributed by atoms with Gasteiger partial charge in [-0.1, -0.05) is 30.3 Å². The molecule has 1 aromatic carbocycles. The molecular weight excluding hydrogens is 285 g/mol. The lowest BCUT2D eigenvalue weighted by atomic mass is 10.1. The van der Waals surface area contributed by atoms with Crippen molar-refractivity contribution in [1.82, 2.24) is 5.01 Å². The van der Waals surface area contributed by atoms with Crippen molar-refractivity contribution < 1.29 is 23.1 Å². The molecule has 0 bridgehead atoms. The van der Waals surface area contributed by atoms with Crippen molar-refractivity contribution in [3.05, 3.63) is 35.9 Å². The third-order valence-electron chi connectivity index (χ3n) is 3.92. The molecule has 0 aromatic heterocycles. The number of carbonyl (C=O) groups is 1. The molecule has 0 spiro atoms. The highest BCUT2D eigenvalue weighted by atomic mass is 19.4. The molecule has 1 aliphatic carbocycles. The van der Waals surface area contributed by atoms with Crippen LogP contribution < -0.4 is 0 Å². The number of rotatable bonds is 2. The van der Waals surface area contributed by atoms with Gasteiger partial charge >= 0.3 is 6.18 Å². The zero-order valence-corrected chi connectivity index (χ0v) is 10.9. The number of hydrogen-bond acceptors (Lipinski definition) is 3. The molecule has 0 saturated heterocycles. The largest absolute Gasteiger partial charge is 0.438 e. The lowest BCUT2D eigenvalue weighted by Crippen LogP contribution is -2.56. The minimum atomic E-state index is -4.93. The van der Waals surface area contributed by atoms with E-state index in [-0.39, 0.29) is 10.9 Å². The molecule has 4 nitrogen and oxygen atoms in total. The highest BCUT2D eigenvalue weighted by Crippen LogP contribution is 2.50. The molecule has 112 valence electrons. The maximum absolute atomic E-state index is 12.9. The van der Waals surface area contributed by atoms with Crippen LogP contribution in [-0.2, 0) is 4.79 Å². The molecule has 1 heterocycles. The number of nitrogens with zero attached hydrogens (tertiary/aromatic N) is 2. The Hall–Kier alpha value is -1.89. The Bertz CT molecular complexity index is 588. The number of carbonyl (C=O) groups excluding carboxylic acids is 1. The maximum atomic E-state index is 12.9. The van der Waals surface area contributed by atoms with E-state index in [0.717, 1.165) is 11.8 Å². The number of hydrogen-bond donors (Lipinski definition) is 1. The van der Waals surface area contributed by atoms with E-state index in [2.05, 4.69) is 5.10 Å². The van der Waals surface area contributed by atoms with Gasteiger partial charge in [-0.25, -0.2) is 0 Å². The van der Waals surface area contributed by atoms with Crippen LogP contribution in [0, 0.1) is 5.92 Å². The molecule has 0 radical (unpaired) electrons. The lowest BCUT2D eigenvalue weighted by Gasteiger charge is -2.32. The average Bonchev–Trinajstić information content (AvgIpc) is 3.14. The third-order valence-corrected chi connectivity index (χ3v) is 3.92. The van der Waals surface area contributed by atoms with Gasteiger partial charge in [0, 0.05) is 18.6 Å². The predicted molar refractivity (Wildman–Crippen MR) is 68.2 cm³/mol. The van der Waals surface area contributed by atoms with E-state index < -0.39 is 30.1 Å². The first-order valence-corrected chi connectivity index (χ1v) is 6.55. The van der Waals surface area contributed by atoms with E-state index in [0.29, 0.717) is 6.42 Å². The molecular formula is C14H13F3N2O2. The molecule has 3 rings (SSSR count). The van der Waals surface area contributed by atoms with Crippen molar-refractivity contribution in [1.29, 1.82) is 0 Å². The summed E-state index contributed by atoms with van der Waals surface area (Å²) in [6, 6.07) is 9.13. The van der Waals surface area contributed by atoms with Crippen molar-refractivity contribution in [2.75, 3.05) is 0 Å². The second-order valence-corrected chi connectivity index (χ2v) is 5.33. The average molecular weight is 298 g/mol. The summed E-state index contributed by atoms with van der Waals surface area (Å²) in [7, 11) is 0. The highest BCUT2D eigenvalue weighted by Gasteiger charge is 2.63. The van der Waals surface area contributed by atoms with Gasteiger partial charge in [-0.15, -0.1) is 0 Å². The standard InChI is InChI=1S/C14H13F3N2O2/c15-14(16,17)13(21)6-7-18-19(13)12(20)11-8-10(11)9-4-2-1-3-5-9/h1-5,7,10-11,21H,6,8H2/t10-,11+,13-/m1/s1. The Kier molecular flexibility index (Phi) is 3.05. The third kappa shape index (κ3) is 2.21. The summed E-state index contributed by atoms with van der Waals surface area (Å²) in [5, 5.41) is 13.4. The fourth-order valence-electron chi connectivity index (χ4n) is 2.60. The number of aliphatic hydroxyl groups is 1. The summed E-state index contributed by atoms with van der Waals surface area (Å²) in [6.07, 6.45) is -4.27. The van der Waals surface area contributed by atoms with Gasteiger partial charge in [0.25, 0.3) is 5.72 Å². The topological polar surface area (TPSA) is 52.9 Å². The van der Waals surface area contributed by atoms with E-state index in [4.69, 9.17) is 0 Å². The molecule has 1 saturated carbocycles. The minimum absolute atomic E-state index is 0.105. The number of alkyl halides is 3. The fraction of sp³-hybridized carbons (Fsp3) is 0.429. The smallest absolute Gasteiger partial charge is 0.362 e. The molecule has 1 N–H and O–H groups in total. The predicted octanol–water partition coefficient (Wildman–Crippen LogP) is 2.26. The Morgan fingerprint density at radius 2 is 2.00 bits per heavy atom. The van der Waals surface area contributed by atoms with Crippen LogP contribution in [0.5, 0.6) is 0 Å². The Morgan fingerprint density at radius 1 is 1.33 bits per heavy atom. The molecule has 21 heavy (non-hydrogen) atoms. The molecule has 1 fully saturated rings. The molecule has 1 aromatic rings. The number of amides is 1. The van der Waals surface area contributed by atoms with Gasteiger partial charge in [0.1, 0.15) is 0 Å². The molecule has 1 aliphatic heterocycles. The Labute approximate surface area is 118 Å². The second-order valence-electron chi connectivity index (χ2n) is 5.33. The van der Waals surface area contributed by atoms with Crippen LogP contribution in [0.1, 0.15) is 24.3 Å². The van der Waals surface area contributed by atoms with Crippen LogP contribution >= 0.6 is 0 Å². The normalized spacial score (nSPS) is 31.5. The van der Waals surface area contributed by atoms with Gasteiger partial charge in [0.15, 0.2) is 0 Å². The van der Waals surface area contributed by atoms with Crippen LogP contribution in [0.2, 0.25) is 0 Å². The summed E-state index contributed by atoms with van der Waals surface area (Å²) in [4.78, 5) is 12.2. The van der Waals surface area contributed by atoms with Crippen molar-refractivity contribution in [2.24, 2.45) is 11.0 Å². The maximum Gasteiger partial charge on any atom is 0.438 e. The molecule has 1 amide bonds. The summed E-state index contributed by atoms with van der Waals surface area (Å²) < 4.78 is 38.8. The van der Waals surface area contributed by atoms with Gasteiger partial charge in [0.05, 0.1) is 0 Å². The van der Waals surface area contributed by atoms with Crippen molar-refractivity contribution in [3.8, 4) is 0 Å². The second kappa shape index (κ2) is 4.56. The molecule has 3 atom stereocenters. The van der Waals surface area contributed by atoms with Gasteiger partial charge in [-0.2, -0.15) is 23.3 Å². The number of hydrazone groups is 1. The number of benzene rings is 1. The monoisotopic (exact) mass is 298 g/mol. The fourth-order valence-corrected chi connectivity index (χ4v) is 2.60. The van der Waals surface area contributed by atoms with Gasteiger partial charge in [-0.3, -0.25) is 4.79 Å². The van der Waals surface area contributed by atoms with Crippen molar-refractivity contribution in [3.63, 3.8) is 0 Å². The Balaban J connectivity index is 1.77. The quantitative estimate of drug-likeness (QED) is 0.910. The summed E-state index contributed by atoms with van der Waals surface area (Å²) in [5.41, 5.74) is -2.30. The highest BCUT2D eigenvalue weighted by molar-refractivity contribution is 5.85. The zero-order valence-electron chi connectivity index (χ0n) is 10.9. The summed E-state index contributed by atoms with van der Waals surface area (Å²) in [5.74, 6) is -1.44. The van der Waals surface area contributed by atoms with Crippen LogP contribution in [0.15, 0.2) is 35.4 Å². The molecule has 0 unspecified atom stereocenters. The molecule has 2 aliphatic rings. The van der Waals surface area contributed by atoms with E-state index in [1.54, 1.807) is 0 Å². The zero-order chi connectivity index (χ0) is 15.3. The number of halogens is 3. The minimum Gasteiger partial charge on any atom is -0.362 e. The van der Waals surface area contributed by atoms with Gasteiger partial charge < -0.3 is 5.11 Å². The SMILES string of the molecule is O=C([C@H]1C[C@@H]1c1ccccc1)N1N=CC[C@@]1(O)C(F)(F)F. The first-order chi connectivity index (χ1) is 9.84. The molecule has 7 heteroatoms. The van der Waals surface area contributed by atoms with E-state index in [1.165, 1.54) is 0 Å². The van der Waals surface area contributed by atoms with Crippen LogP contribution in [0.3, 0.4) is 0 Å². The van der Waals surface area contributed by atoms with E-state index >= 15 is 0 Å². The summed E-state index contributed by atoms with van der Waals surface area (Å²) in [6.45, 7) is 0. The van der Waals surface area contributed by atoms with Gasteiger partial charge in [0.2, 0.25) is 5.91 Å².